The Morgan fingerprint density at radius 3 is 2.75 bits per heavy atom. The highest BCUT2D eigenvalue weighted by Crippen LogP contribution is 2.02. The SMILES string of the molecule is Cc1cc(Cn2ccc(=O)[nH]c2=O)n(C)n1. The maximum absolute atomic E-state index is 11.4. The predicted molar refractivity (Wildman–Crippen MR) is 58.4 cm³/mol. The summed E-state index contributed by atoms with van der Waals surface area (Å²) < 4.78 is 3.14. The van der Waals surface area contributed by atoms with Gasteiger partial charge in [-0.3, -0.25) is 19.0 Å². The first kappa shape index (κ1) is 10.4. The second-order valence-corrected chi connectivity index (χ2v) is 3.64. The molecule has 0 amide bonds. The molecular weight excluding hydrogens is 208 g/mol. The quantitative estimate of drug-likeness (QED) is 0.750. The molecule has 0 saturated carbocycles. The van der Waals surface area contributed by atoms with Crippen LogP contribution in [0.25, 0.3) is 0 Å². The highest BCUT2D eigenvalue weighted by atomic mass is 16.2. The number of hydrogen-bond donors (Lipinski definition) is 1. The summed E-state index contributed by atoms with van der Waals surface area (Å²) in [5.41, 5.74) is 1.01. The van der Waals surface area contributed by atoms with E-state index < -0.39 is 5.69 Å². The zero-order valence-electron chi connectivity index (χ0n) is 9.10. The molecule has 2 aromatic heterocycles. The molecule has 0 fully saturated rings. The van der Waals surface area contributed by atoms with Crippen LogP contribution in [-0.2, 0) is 13.6 Å². The van der Waals surface area contributed by atoms with Gasteiger partial charge in [0.2, 0.25) is 0 Å². The van der Waals surface area contributed by atoms with E-state index in [1.54, 1.807) is 4.68 Å². The summed E-state index contributed by atoms with van der Waals surface area (Å²) in [6.07, 6.45) is 1.48. The van der Waals surface area contributed by atoms with Crippen LogP contribution in [0.5, 0.6) is 0 Å². The fourth-order valence-electron chi connectivity index (χ4n) is 1.56. The van der Waals surface area contributed by atoms with Crippen molar-refractivity contribution in [2.24, 2.45) is 7.05 Å². The lowest BCUT2D eigenvalue weighted by atomic mass is 10.3. The number of rotatable bonds is 2. The Morgan fingerprint density at radius 1 is 1.44 bits per heavy atom. The molecule has 16 heavy (non-hydrogen) atoms. The highest BCUT2D eigenvalue weighted by molar-refractivity contribution is 5.09. The molecule has 84 valence electrons. The van der Waals surface area contributed by atoms with E-state index in [4.69, 9.17) is 0 Å². The van der Waals surface area contributed by atoms with Gasteiger partial charge in [-0.05, 0) is 13.0 Å². The Hall–Kier alpha value is -2.11. The predicted octanol–water partition coefficient (Wildman–Crippen LogP) is -0.373. The summed E-state index contributed by atoms with van der Waals surface area (Å²) in [6, 6.07) is 3.22. The van der Waals surface area contributed by atoms with Gasteiger partial charge in [0.25, 0.3) is 5.56 Å². The lowest BCUT2D eigenvalue weighted by Gasteiger charge is -2.04. The van der Waals surface area contributed by atoms with Gasteiger partial charge in [0.05, 0.1) is 17.9 Å². The first-order valence-corrected chi connectivity index (χ1v) is 4.85. The molecule has 0 saturated heterocycles. The second-order valence-electron chi connectivity index (χ2n) is 3.64. The van der Waals surface area contributed by atoms with E-state index in [1.807, 2.05) is 20.0 Å². The van der Waals surface area contributed by atoms with Crippen LogP contribution in [0, 0.1) is 6.92 Å². The average molecular weight is 220 g/mol. The second kappa shape index (κ2) is 3.80. The minimum atomic E-state index is -0.411. The number of aromatic amines is 1. The first-order valence-electron chi connectivity index (χ1n) is 4.85. The molecule has 0 spiro atoms. The molecule has 0 bridgehead atoms. The van der Waals surface area contributed by atoms with Crippen LogP contribution in [0.3, 0.4) is 0 Å². The van der Waals surface area contributed by atoms with Gasteiger partial charge in [-0.25, -0.2) is 4.79 Å². The lowest BCUT2D eigenvalue weighted by molar-refractivity contribution is 0.638. The summed E-state index contributed by atoms with van der Waals surface area (Å²) in [4.78, 5) is 24.5. The number of aromatic nitrogens is 4. The number of H-pyrrole nitrogens is 1. The van der Waals surface area contributed by atoms with Crippen molar-refractivity contribution < 1.29 is 0 Å². The van der Waals surface area contributed by atoms with E-state index in [2.05, 4.69) is 10.1 Å². The zero-order chi connectivity index (χ0) is 11.7. The van der Waals surface area contributed by atoms with Crippen LogP contribution in [0.4, 0.5) is 0 Å². The Kier molecular flexibility index (Phi) is 2.47. The molecule has 1 N–H and O–H groups in total. The number of nitrogens with one attached hydrogen (secondary N) is 1. The summed E-state index contributed by atoms with van der Waals surface area (Å²) in [5, 5.41) is 4.18. The largest absolute Gasteiger partial charge is 0.328 e. The fraction of sp³-hybridized carbons (Fsp3) is 0.300. The molecule has 6 heteroatoms. The Morgan fingerprint density at radius 2 is 2.19 bits per heavy atom. The molecular formula is C10H12N4O2. The smallest absolute Gasteiger partial charge is 0.295 e. The maximum atomic E-state index is 11.4. The third-order valence-electron chi connectivity index (χ3n) is 2.33. The number of hydrogen-bond acceptors (Lipinski definition) is 3. The highest BCUT2D eigenvalue weighted by Gasteiger charge is 2.04. The molecule has 2 rings (SSSR count). The van der Waals surface area contributed by atoms with E-state index in [9.17, 15) is 9.59 Å². The molecule has 2 heterocycles. The van der Waals surface area contributed by atoms with Crippen molar-refractivity contribution in [3.63, 3.8) is 0 Å². The summed E-state index contributed by atoms with van der Waals surface area (Å²) in [7, 11) is 1.82. The third kappa shape index (κ3) is 1.95. The van der Waals surface area contributed by atoms with E-state index in [-0.39, 0.29) is 5.56 Å². The van der Waals surface area contributed by atoms with Gasteiger partial charge in [-0.15, -0.1) is 0 Å². The summed E-state index contributed by atoms with van der Waals surface area (Å²) >= 11 is 0. The van der Waals surface area contributed by atoms with Crippen LogP contribution in [0.1, 0.15) is 11.4 Å². The maximum Gasteiger partial charge on any atom is 0.328 e. The monoisotopic (exact) mass is 220 g/mol. The molecule has 0 radical (unpaired) electrons. The van der Waals surface area contributed by atoms with Crippen molar-refractivity contribution in [2.75, 3.05) is 0 Å². The lowest BCUT2D eigenvalue weighted by Crippen LogP contribution is -2.29. The van der Waals surface area contributed by atoms with Gasteiger partial charge in [0.15, 0.2) is 0 Å². The average Bonchev–Trinajstić information content (AvgIpc) is 2.50. The normalized spacial score (nSPS) is 10.6. The minimum Gasteiger partial charge on any atom is -0.295 e. The van der Waals surface area contributed by atoms with E-state index in [1.165, 1.54) is 16.8 Å². The first-order chi connectivity index (χ1) is 7.56. The van der Waals surface area contributed by atoms with Crippen LogP contribution in [0.15, 0.2) is 27.9 Å². The Balaban J connectivity index is 2.38. The van der Waals surface area contributed by atoms with Gasteiger partial charge in [0.1, 0.15) is 0 Å². The number of nitrogens with zero attached hydrogens (tertiary/aromatic N) is 3. The molecule has 0 aliphatic carbocycles. The summed E-state index contributed by atoms with van der Waals surface area (Å²) in [6.45, 7) is 2.28. The van der Waals surface area contributed by atoms with Crippen molar-refractivity contribution in [2.45, 2.75) is 13.5 Å². The van der Waals surface area contributed by atoms with Crippen LogP contribution < -0.4 is 11.2 Å². The van der Waals surface area contributed by atoms with Crippen molar-refractivity contribution in [3.05, 3.63) is 50.6 Å². The van der Waals surface area contributed by atoms with Crippen molar-refractivity contribution in [1.82, 2.24) is 19.3 Å². The number of aryl methyl sites for hydroxylation is 2. The molecule has 0 aromatic carbocycles. The molecule has 0 unspecified atom stereocenters. The van der Waals surface area contributed by atoms with Gasteiger partial charge in [-0.1, -0.05) is 0 Å². The molecule has 0 aliphatic heterocycles. The van der Waals surface area contributed by atoms with Crippen LogP contribution in [0.2, 0.25) is 0 Å². The van der Waals surface area contributed by atoms with Gasteiger partial charge >= 0.3 is 5.69 Å². The van der Waals surface area contributed by atoms with E-state index in [0.29, 0.717) is 6.54 Å². The summed E-state index contributed by atoms with van der Waals surface area (Å²) in [5.74, 6) is 0. The Bertz CT molecular complexity index is 620. The van der Waals surface area contributed by atoms with E-state index in [0.717, 1.165) is 11.4 Å². The third-order valence-corrected chi connectivity index (χ3v) is 2.33. The Labute approximate surface area is 91.2 Å². The van der Waals surface area contributed by atoms with Gasteiger partial charge in [0, 0.05) is 19.3 Å². The standard InChI is InChI=1S/C10H12N4O2/c1-7-5-8(13(2)12-7)6-14-4-3-9(15)11-10(14)16/h3-5H,6H2,1-2H3,(H,11,15,16). The minimum absolute atomic E-state index is 0.387. The van der Waals surface area contributed by atoms with Crippen LogP contribution >= 0.6 is 0 Å². The van der Waals surface area contributed by atoms with Gasteiger partial charge < -0.3 is 0 Å². The van der Waals surface area contributed by atoms with Crippen molar-refractivity contribution in [1.29, 1.82) is 0 Å². The molecule has 0 aliphatic rings. The fourth-order valence-corrected chi connectivity index (χ4v) is 1.56. The van der Waals surface area contributed by atoms with Crippen molar-refractivity contribution >= 4 is 0 Å². The van der Waals surface area contributed by atoms with Gasteiger partial charge in [-0.2, -0.15) is 5.10 Å². The van der Waals surface area contributed by atoms with E-state index >= 15 is 0 Å². The van der Waals surface area contributed by atoms with Crippen LogP contribution in [-0.4, -0.2) is 19.3 Å². The molecule has 2 aromatic rings. The zero-order valence-corrected chi connectivity index (χ0v) is 9.10. The topological polar surface area (TPSA) is 72.7 Å². The van der Waals surface area contributed by atoms with Crippen molar-refractivity contribution in [3.8, 4) is 0 Å². The molecule has 0 atom stereocenters. The molecule has 6 nitrogen and oxygen atoms in total.